The molecule has 22 heavy (non-hydrogen) atoms. The van der Waals surface area contributed by atoms with Gasteiger partial charge >= 0.3 is 0 Å². The van der Waals surface area contributed by atoms with E-state index in [4.69, 9.17) is 5.73 Å². The SMILES string of the molecule is Cc1nc(-c2cccc(CN=C(N)N3CCSCC3)c2)n[nH]1. The molecule has 1 aliphatic rings. The van der Waals surface area contributed by atoms with Gasteiger partial charge < -0.3 is 10.6 Å². The van der Waals surface area contributed by atoms with E-state index in [0.29, 0.717) is 18.3 Å². The van der Waals surface area contributed by atoms with E-state index < -0.39 is 0 Å². The zero-order chi connectivity index (χ0) is 15.4. The summed E-state index contributed by atoms with van der Waals surface area (Å²) in [6.45, 7) is 4.43. The first-order chi connectivity index (χ1) is 10.7. The lowest BCUT2D eigenvalue weighted by Crippen LogP contribution is -2.42. The van der Waals surface area contributed by atoms with Crippen molar-refractivity contribution in [2.24, 2.45) is 10.7 Å². The van der Waals surface area contributed by atoms with Crippen molar-refractivity contribution in [3.8, 4) is 11.4 Å². The number of benzene rings is 1. The molecule has 3 N–H and O–H groups in total. The fraction of sp³-hybridized carbons (Fsp3) is 0.400. The summed E-state index contributed by atoms with van der Waals surface area (Å²) >= 11 is 1.96. The van der Waals surface area contributed by atoms with E-state index in [1.807, 2.05) is 36.9 Å². The number of thioether (sulfide) groups is 1. The van der Waals surface area contributed by atoms with E-state index in [-0.39, 0.29) is 0 Å². The molecule has 0 aliphatic carbocycles. The average molecular weight is 316 g/mol. The van der Waals surface area contributed by atoms with Gasteiger partial charge in [0.1, 0.15) is 5.82 Å². The first-order valence-electron chi connectivity index (χ1n) is 7.33. The summed E-state index contributed by atoms with van der Waals surface area (Å²) in [6, 6.07) is 8.11. The number of rotatable bonds is 3. The molecule has 0 atom stereocenters. The van der Waals surface area contributed by atoms with Gasteiger partial charge in [-0.05, 0) is 18.6 Å². The average Bonchev–Trinajstić information content (AvgIpc) is 3.00. The fourth-order valence-electron chi connectivity index (χ4n) is 2.35. The van der Waals surface area contributed by atoms with E-state index in [1.54, 1.807) is 0 Å². The van der Waals surface area contributed by atoms with Crippen LogP contribution in [0.3, 0.4) is 0 Å². The lowest BCUT2D eigenvalue weighted by Gasteiger charge is -2.27. The van der Waals surface area contributed by atoms with Crippen LogP contribution in [0.1, 0.15) is 11.4 Å². The molecule has 0 spiro atoms. The number of aromatic nitrogens is 3. The van der Waals surface area contributed by atoms with E-state index >= 15 is 0 Å². The summed E-state index contributed by atoms with van der Waals surface area (Å²) in [6.07, 6.45) is 0. The van der Waals surface area contributed by atoms with Crippen LogP contribution in [0.5, 0.6) is 0 Å². The quantitative estimate of drug-likeness (QED) is 0.664. The molecular formula is C15H20N6S. The van der Waals surface area contributed by atoms with Crippen molar-refractivity contribution in [2.75, 3.05) is 24.6 Å². The van der Waals surface area contributed by atoms with Crippen molar-refractivity contribution in [1.82, 2.24) is 20.1 Å². The van der Waals surface area contributed by atoms with Gasteiger partial charge in [-0.2, -0.15) is 16.9 Å². The van der Waals surface area contributed by atoms with Crippen molar-refractivity contribution in [3.63, 3.8) is 0 Å². The van der Waals surface area contributed by atoms with Gasteiger partial charge in [0, 0.05) is 30.2 Å². The maximum absolute atomic E-state index is 6.09. The predicted octanol–water partition coefficient (Wildman–Crippen LogP) is 1.64. The highest BCUT2D eigenvalue weighted by Gasteiger charge is 2.12. The van der Waals surface area contributed by atoms with Crippen LogP contribution in [-0.4, -0.2) is 50.6 Å². The van der Waals surface area contributed by atoms with Crippen LogP contribution >= 0.6 is 11.8 Å². The number of guanidine groups is 1. The summed E-state index contributed by atoms with van der Waals surface area (Å²) in [5.74, 6) is 4.40. The van der Waals surface area contributed by atoms with Crippen LogP contribution in [0, 0.1) is 6.92 Å². The molecule has 1 aromatic carbocycles. The highest BCUT2D eigenvalue weighted by molar-refractivity contribution is 7.99. The molecule has 2 aromatic rings. The zero-order valence-electron chi connectivity index (χ0n) is 12.6. The smallest absolute Gasteiger partial charge is 0.191 e. The first kappa shape index (κ1) is 14.9. The first-order valence-corrected chi connectivity index (χ1v) is 8.49. The maximum Gasteiger partial charge on any atom is 0.191 e. The molecule has 0 amide bonds. The molecule has 1 aliphatic heterocycles. The molecule has 1 saturated heterocycles. The van der Waals surface area contributed by atoms with Crippen molar-refractivity contribution in [1.29, 1.82) is 0 Å². The van der Waals surface area contributed by atoms with Crippen LogP contribution in [-0.2, 0) is 6.54 Å². The Hall–Kier alpha value is -2.02. The van der Waals surface area contributed by atoms with Crippen LogP contribution < -0.4 is 5.73 Å². The number of hydrogen-bond donors (Lipinski definition) is 2. The highest BCUT2D eigenvalue weighted by atomic mass is 32.2. The van der Waals surface area contributed by atoms with Crippen molar-refractivity contribution in [3.05, 3.63) is 35.7 Å². The van der Waals surface area contributed by atoms with E-state index in [1.165, 1.54) is 0 Å². The van der Waals surface area contributed by atoms with Gasteiger partial charge in [-0.15, -0.1) is 0 Å². The summed E-state index contributed by atoms with van der Waals surface area (Å²) < 4.78 is 0. The Balaban J connectivity index is 1.70. The zero-order valence-corrected chi connectivity index (χ0v) is 13.4. The van der Waals surface area contributed by atoms with Gasteiger partial charge in [-0.25, -0.2) is 9.98 Å². The van der Waals surface area contributed by atoms with Crippen LogP contribution in [0.2, 0.25) is 0 Å². The Kier molecular flexibility index (Phi) is 4.62. The second-order valence-corrected chi connectivity index (χ2v) is 6.44. The van der Waals surface area contributed by atoms with E-state index in [9.17, 15) is 0 Å². The van der Waals surface area contributed by atoms with Gasteiger partial charge in [-0.3, -0.25) is 5.10 Å². The second kappa shape index (κ2) is 6.83. The monoisotopic (exact) mass is 316 g/mol. The van der Waals surface area contributed by atoms with Crippen LogP contribution in [0.25, 0.3) is 11.4 Å². The van der Waals surface area contributed by atoms with E-state index in [2.05, 4.69) is 31.1 Å². The summed E-state index contributed by atoms with van der Waals surface area (Å²) in [5.41, 5.74) is 8.18. The molecule has 116 valence electrons. The Morgan fingerprint density at radius 2 is 2.23 bits per heavy atom. The third kappa shape index (κ3) is 3.59. The number of nitrogens with two attached hydrogens (primary N) is 1. The Morgan fingerprint density at radius 1 is 1.41 bits per heavy atom. The Morgan fingerprint density at radius 3 is 2.95 bits per heavy atom. The van der Waals surface area contributed by atoms with Crippen LogP contribution in [0.15, 0.2) is 29.3 Å². The van der Waals surface area contributed by atoms with E-state index in [0.717, 1.165) is 41.5 Å². The van der Waals surface area contributed by atoms with Crippen molar-refractivity contribution in [2.45, 2.75) is 13.5 Å². The summed E-state index contributed by atoms with van der Waals surface area (Å²) in [7, 11) is 0. The molecule has 7 heteroatoms. The molecule has 6 nitrogen and oxygen atoms in total. The normalized spacial score (nSPS) is 16.0. The lowest BCUT2D eigenvalue weighted by atomic mass is 10.1. The molecule has 3 rings (SSSR count). The number of aromatic amines is 1. The van der Waals surface area contributed by atoms with Gasteiger partial charge in [0.15, 0.2) is 11.8 Å². The second-order valence-electron chi connectivity index (χ2n) is 5.22. The highest BCUT2D eigenvalue weighted by Crippen LogP contribution is 2.17. The number of nitrogens with one attached hydrogen (secondary N) is 1. The number of aliphatic imine (C=N–C) groups is 1. The molecule has 2 heterocycles. The molecule has 0 bridgehead atoms. The summed E-state index contributed by atoms with van der Waals surface area (Å²) in [5, 5.41) is 7.05. The van der Waals surface area contributed by atoms with Crippen LogP contribution in [0.4, 0.5) is 0 Å². The van der Waals surface area contributed by atoms with Crippen molar-refractivity contribution < 1.29 is 0 Å². The molecule has 0 radical (unpaired) electrons. The largest absolute Gasteiger partial charge is 0.370 e. The van der Waals surface area contributed by atoms with Gasteiger partial charge in [-0.1, -0.05) is 18.2 Å². The third-order valence-electron chi connectivity index (χ3n) is 3.54. The number of H-pyrrole nitrogens is 1. The molecular weight excluding hydrogens is 296 g/mol. The number of hydrogen-bond acceptors (Lipinski definition) is 4. The minimum atomic E-state index is 0.576. The number of nitrogens with zero attached hydrogens (tertiary/aromatic N) is 4. The Labute approximate surface area is 134 Å². The predicted molar refractivity (Wildman–Crippen MR) is 90.8 cm³/mol. The van der Waals surface area contributed by atoms with Gasteiger partial charge in [0.05, 0.1) is 6.54 Å². The van der Waals surface area contributed by atoms with Gasteiger partial charge in [0.25, 0.3) is 0 Å². The topological polar surface area (TPSA) is 83.2 Å². The molecule has 1 fully saturated rings. The van der Waals surface area contributed by atoms with Crippen molar-refractivity contribution >= 4 is 17.7 Å². The van der Waals surface area contributed by atoms with Gasteiger partial charge in [0.2, 0.25) is 0 Å². The minimum Gasteiger partial charge on any atom is -0.370 e. The standard InChI is InChI=1S/C15H20N6S/c1-11-18-14(20-19-11)13-4-2-3-12(9-13)10-17-15(16)21-5-7-22-8-6-21/h2-4,9H,5-8,10H2,1H3,(H2,16,17)(H,18,19,20). The third-order valence-corrected chi connectivity index (χ3v) is 4.48. The Bertz CT molecular complexity index is 660. The maximum atomic E-state index is 6.09. The summed E-state index contributed by atoms with van der Waals surface area (Å²) in [4.78, 5) is 11.0. The number of aryl methyl sites for hydroxylation is 1. The lowest BCUT2D eigenvalue weighted by molar-refractivity contribution is 0.455. The fourth-order valence-corrected chi connectivity index (χ4v) is 3.25. The minimum absolute atomic E-state index is 0.576. The molecule has 0 unspecified atom stereocenters. The molecule has 0 saturated carbocycles. The molecule has 1 aromatic heterocycles.